The molecule has 2 amide bonds. The lowest BCUT2D eigenvalue weighted by Gasteiger charge is -2.18. The van der Waals surface area contributed by atoms with E-state index in [0.717, 1.165) is 21.9 Å². The minimum Gasteiger partial charge on any atom is -0.475 e. The Morgan fingerprint density at radius 1 is 1.07 bits per heavy atom. The van der Waals surface area contributed by atoms with Gasteiger partial charge in [-0.1, -0.05) is 48.5 Å². The summed E-state index contributed by atoms with van der Waals surface area (Å²) in [6, 6.07) is 18.5. The summed E-state index contributed by atoms with van der Waals surface area (Å²) in [6.07, 6.45) is -1.51. The lowest BCUT2D eigenvalue weighted by Crippen LogP contribution is -2.37. The largest absolute Gasteiger partial charge is 0.490 e. The molecule has 0 bridgehead atoms. The highest BCUT2D eigenvalue weighted by Crippen LogP contribution is 2.25. The molecule has 0 aliphatic heterocycles. The molecule has 0 aliphatic carbocycles. The van der Waals surface area contributed by atoms with E-state index < -0.39 is 18.2 Å². The van der Waals surface area contributed by atoms with Crippen LogP contribution < -0.4 is 16.4 Å². The zero-order valence-corrected chi connectivity index (χ0v) is 21.6. The van der Waals surface area contributed by atoms with Crippen LogP contribution in [0.1, 0.15) is 40.1 Å². The van der Waals surface area contributed by atoms with Gasteiger partial charge in [-0.3, -0.25) is 9.59 Å². The van der Waals surface area contributed by atoms with Gasteiger partial charge in [-0.2, -0.15) is 13.2 Å². The highest BCUT2D eigenvalue weighted by atomic mass is 19.4. The zero-order chi connectivity index (χ0) is 29.4. The summed E-state index contributed by atoms with van der Waals surface area (Å²) in [4.78, 5) is 41.5. The number of halogens is 3. The van der Waals surface area contributed by atoms with Crippen molar-refractivity contribution in [1.29, 1.82) is 0 Å². The summed E-state index contributed by atoms with van der Waals surface area (Å²) in [5.74, 6) is -3.30. The number of rotatable bonds is 7. The van der Waals surface area contributed by atoms with Crippen LogP contribution in [0, 0.1) is 6.92 Å². The first-order valence-electron chi connectivity index (χ1n) is 12.1. The number of carbonyl (C=O) groups excluding carboxylic acids is 2. The second-order valence-electron chi connectivity index (χ2n) is 8.96. The second kappa shape index (κ2) is 12.9. The van der Waals surface area contributed by atoms with Crippen molar-refractivity contribution in [3.05, 3.63) is 95.6 Å². The lowest BCUT2D eigenvalue weighted by atomic mass is 9.99. The Hall–Kier alpha value is -4.71. The molecular weight excluding hydrogens is 527 g/mol. The summed E-state index contributed by atoms with van der Waals surface area (Å²) in [5.41, 5.74) is 9.61. The van der Waals surface area contributed by atoms with Gasteiger partial charge in [0, 0.05) is 23.9 Å². The first-order valence-corrected chi connectivity index (χ1v) is 12.1. The summed E-state index contributed by atoms with van der Waals surface area (Å²) in [6.45, 7) is 3.83. The van der Waals surface area contributed by atoms with Crippen LogP contribution in [0.25, 0.3) is 10.8 Å². The number of nitrogens with one attached hydrogen (secondary N) is 3. The number of carboxylic acids is 1. The van der Waals surface area contributed by atoms with Gasteiger partial charge in [-0.05, 0) is 47.9 Å². The Kier molecular flexibility index (Phi) is 9.62. The number of aromatic nitrogens is 2. The number of fused-ring (bicyclic) bond motifs is 1. The summed E-state index contributed by atoms with van der Waals surface area (Å²) in [5, 5.41) is 15.3. The number of carbonyl (C=O) groups is 3. The highest BCUT2D eigenvalue weighted by molar-refractivity contribution is 6.00. The van der Waals surface area contributed by atoms with Crippen LogP contribution in [0.5, 0.6) is 0 Å². The molecule has 1 heterocycles. The van der Waals surface area contributed by atoms with Gasteiger partial charge in [0.15, 0.2) is 0 Å². The normalized spacial score (nSPS) is 12.6. The predicted molar refractivity (Wildman–Crippen MR) is 144 cm³/mol. The van der Waals surface area contributed by atoms with Gasteiger partial charge in [-0.15, -0.1) is 0 Å². The summed E-state index contributed by atoms with van der Waals surface area (Å²) >= 11 is 0. The smallest absolute Gasteiger partial charge is 0.475 e. The van der Waals surface area contributed by atoms with E-state index in [1.165, 1.54) is 0 Å². The number of nitrogens with zero attached hydrogens (tertiary/aromatic N) is 1. The number of aromatic amines is 1. The number of hydrogen-bond acceptors (Lipinski definition) is 5. The monoisotopic (exact) mass is 555 g/mol. The number of anilines is 1. The van der Waals surface area contributed by atoms with Crippen LogP contribution in [0.2, 0.25) is 0 Å². The third-order valence-corrected chi connectivity index (χ3v) is 5.95. The molecule has 0 unspecified atom stereocenters. The van der Waals surface area contributed by atoms with Crippen molar-refractivity contribution in [3.63, 3.8) is 0 Å². The van der Waals surface area contributed by atoms with Crippen molar-refractivity contribution in [2.24, 2.45) is 5.73 Å². The van der Waals surface area contributed by atoms with E-state index in [4.69, 9.17) is 15.6 Å². The summed E-state index contributed by atoms with van der Waals surface area (Å²) < 4.78 is 31.7. The van der Waals surface area contributed by atoms with E-state index in [1.807, 2.05) is 44.2 Å². The Labute approximate surface area is 227 Å². The Bertz CT molecular complexity index is 1480. The molecule has 4 aromatic rings. The number of aliphatic carboxylic acids is 1. The fraction of sp³-hybridized carbons (Fsp3) is 0.214. The standard InChI is InChI=1S/C26H27N5O2.C2HF3O2/c1-16-10-11-19(31-26(33)24(27)13-20-14-28-15-29-20)12-23(16)25(32)30-17(2)21-9-5-7-18-6-3-4-8-22(18)21;3-2(4,5)1(6)7/h3-12,14-15,17,24H,13,27H2,1-2H3,(H,28,29)(H,30,32)(H,31,33);(H,6,7)/t17-,24+;/m1./s1. The zero-order valence-electron chi connectivity index (χ0n) is 21.6. The Morgan fingerprint density at radius 3 is 2.40 bits per heavy atom. The van der Waals surface area contributed by atoms with Gasteiger partial charge < -0.3 is 26.5 Å². The van der Waals surface area contributed by atoms with Gasteiger partial charge in [0.05, 0.1) is 24.1 Å². The number of aryl methyl sites for hydroxylation is 1. The van der Waals surface area contributed by atoms with Crippen molar-refractivity contribution in [1.82, 2.24) is 15.3 Å². The van der Waals surface area contributed by atoms with Crippen LogP contribution in [0.3, 0.4) is 0 Å². The molecule has 12 heteroatoms. The molecule has 4 rings (SSSR count). The molecular formula is C28H28F3N5O4. The van der Waals surface area contributed by atoms with Crippen molar-refractivity contribution in [3.8, 4) is 0 Å². The molecule has 0 saturated heterocycles. The molecule has 9 nitrogen and oxygen atoms in total. The molecule has 6 N–H and O–H groups in total. The lowest BCUT2D eigenvalue weighted by molar-refractivity contribution is -0.192. The van der Waals surface area contributed by atoms with Crippen molar-refractivity contribution < 1.29 is 32.7 Å². The average molecular weight is 556 g/mol. The molecule has 3 aromatic carbocycles. The van der Waals surface area contributed by atoms with Gasteiger partial charge >= 0.3 is 12.1 Å². The number of amides is 2. The topological polar surface area (TPSA) is 150 Å². The maximum atomic E-state index is 13.1. The number of imidazole rings is 1. The molecule has 0 radical (unpaired) electrons. The van der Waals surface area contributed by atoms with E-state index >= 15 is 0 Å². The maximum absolute atomic E-state index is 13.1. The number of H-pyrrole nitrogens is 1. The molecule has 0 aliphatic rings. The van der Waals surface area contributed by atoms with Crippen molar-refractivity contribution in [2.45, 2.75) is 38.5 Å². The van der Waals surface area contributed by atoms with E-state index in [1.54, 1.807) is 24.7 Å². The second-order valence-corrected chi connectivity index (χ2v) is 8.96. The van der Waals surface area contributed by atoms with E-state index in [0.29, 0.717) is 23.4 Å². The molecule has 0 saturated carbocycles. The Balaban J connectivity index is 0.000000559. The molecule has 0 fully saturated rings. The van der Waals surface area contributed by atoms with Crippen LogP contribution in [-0.2, 0) is 16.0 Å². The molecule has 2 atom stereocenters. The number of carboxylic acid groups (broad SMARTS) is 1. The SMILES string of the molecule is Cc1ccc(NC(=O)[C@@H](N)Cc2c[nH]cn2)cc1C(=O)N[C@H](C)c1cccc2ccccc12.O=C(O)C(F)(F)F. The van der Waals surface area contributed by atoms with E-state index in [2.05, 4.69) is 38.8 Å². The first kappa shape index (κ1) is 29.8. The van der Waals surface area contributed by atoms with E-state index in [9.17, 15) is 22.8 Å². The molecule has 210 valence electrons. The Morgan fingerprint density at radius 2 is 1.75 bits per heavy atom. The predicted octanol–water partition coefficient (Wildman–Crippen LogP) is 4.50. The van der Waals surface area contributed by atoms with Crippen LogP contribution in [0.15, 0.2) is 73.2 Å². The molecule has 0 spiro atoms. The van der Waals surface area contributed by atoms with Gasteiger partial charge in [0.1, 0.15) is 0 Å². The molecule has 1 aromatic heterocycles. The number of benzene rings is 3. The average Bonchev–Trinajstić information content (AvgIpc) is 3.42. The van der Waals surface area contributed by atoms with Gasteiger partial charge in [0.25, 0.3) is 5.91 Å². The van der Waals surface area contributed by atoms with E-state index in [-0.39, 0.29) is 17.9 Å². The molecule has 40 heavy (non-hydrogen) atoms. The minimum absolute atomic E-state index is 0.191. The van der Waals surface area contributed by atoms with Crippen LogP contribution >= 0.6 is 0 Å². The minimum atomic E-state index is -5.08. The number of nitrogens with two attached hydrogens (primary N) is 1. The number of hydrogen-bond donors (Lipinski definition) is 5. The number of alkyl halides is 3. The quantitative estimate of drug-likeness (QED) is 0.227. The summed E-state index contributed by atoms with van der Waals surface area (Å²) in [7, 11) is 0. The van der Waals surface area contributed by atoms with Gasteiger partial charge in [0.2, 0.25) is 5.91 Å². The van der Waals surface area contributed by atoms with Crippen LogP contribution in [0.4, 0.5) is 18.9 Å². The van der Waals surface area contributed by atoms with Crippen LogP contribution in [-0.4, -0.2) is 45.1 Å². The van der Waals surface area contributed by atoms with Crippen molar-refractivity contribution >= 4 is 34.2 Å². The first-order chi connectivity index (χ1) is 18.9. The fourth-order valence-electron chi connectivity index (χ4n) is 3.88. The third-order valence-electron chi connectivity index (χ3n) is 5.95. The highest BCUT2D eigenvalue weighted by Gasteiger charge is 2.38. The third kappa shape index (κ3) is 7.90. The maximum Gasteiger partial charge on any atom is 0.490 e. The van der Waals surface area contributed by atoms with Crippen molar-refractivity contribution in [2.75, 3.05) is 5.32 Å². The van der Waals surface area contributed by atoms with Gasteiger partial charge in [-0.25, -0.2) is 9.78 Å². The fourth-order valence-corrected chi connectivity index (χ4v) is 3.88.